The lowest BCUT2D eigenvalue weighted by atomic mass is 10.1. The SMILES string of the molecule is COc1cc2nc[nH]c2cc1-c1cc2cc(NC(=O)C3CC3F)ncc2n1C. The molecule has 1 saturated carbocycles. The molecule has 2 N–H and O–H groups in total. The second-order valence-corrected chi connectivity index (χ2v) is 7.04. The van der Waals surface area contributed by atoms with E-state index >= 15 is 0 Å². The Morgan fingerprint density at radius 3 is 2.89 bits per heavy atom. The topological polar surface area (TPSA) is 84.8 Å². The van der Waals surface area contributed by atoms with E-state index in [-0.39, 0.29) is 5.91 Å². The van der Waals surface area contributed by atoms with Crippen LogP contribution in [0.25, 0.3) is 33.2 Å². The molecule has 1 fully saturated rings. The first-order valence-corrected chi connectivity index (χ1v) is 8.97. The molecule has 0 saturated heterocycles. The van der Waals surface area contributed by atoms with Gasteiger partial charge in [-0.25, -0.2) is 14.4 Å². The number of methoxy groups -OCH3 is 1. The van der Waals surface area contributed by atoms with Crippen LogP contribution in [0.1, 0.15) is 6.42 Å². The molecule has 7 nitrogen and oxygen atoms in total. The van der Waals surface area contributed by atoms with Crippen molar-refractivity contribution >= 4 is 33.7 Å². The van der Waals surface area contributed by atoms with Crippen LogP contribution < -0.4 is 10.1 Å². The fourth-order valence-electron chi connectivity index (χ4n) is 3.55. The van der Waals surface area contributed by atoms with Gasteiger partial charge in [0, 0.05) is 24.1 Å². The third kappa shape index (κ3) is 2.60. The van der Waals surface area contributed by atoms with Crippen molar-refractivity contribution in [2.45, 2.75) is 12.6 Å². The van der Waals surface area contributed by atoms with E-state index in [1.165, 1.54) is 0 Å². The number of rotatable bonds is 4. The number of nitrogens with one attached hydrogen (secondary N) is 2. The zero-order valence-corrected chi connectivity index (χ0v) is 15.4. The number of carbonyl (C=O) groups excluding carboxylic acids is 1. The molecule has 5 rings (SSSR count). The van der Waals surface area contributed by atoms with Crippen LogP contribution in [0.5, 0.6) is 5.75 Å². The van der Waals surface area contributed by atoms with Crippen molar-refractivity contribution in [3.8, 4) is 17.0 Å². The Balaban J connectivity index is 1.57. The molecular weight excluding hydrogens is 361 g/mol. The van der Waals surface area contributed by atoms with E-state index in [0.717, 1.165) is 38.9 Å². The van der Waals surface area contributed by atoms with Gasteiger partial charge in [-0.2, -0.15) is 0 Å². The van der Waals surface area contributed by atoms with Crippen molar-refractivity contribution in [3.63, 3.8) is 0 Å². The molecule has 1 aliphatic rings. The first-order chi connectivity index (χ1) is 13.5. The van der Waals surface area contributed by atoms with Gasteiger partial charge in [0.1, 0.15) is 17.7 Å². The minimum absolute atomic E-state index is 0.291. The molecule has 2 atom stereocenters. The number of imidazole rings is 1. The van der Waals surface area contributed by atoms with Gasteiger partial charge in [-0.15, -0.1) is 0 Å². The third-order valence-corrected chi connectivity index (χ3v) is 5.25. The molecule has 28 heavy (non-hydrogen) atoms. The summed E-state index contributed by atoms with van der Waals surface area (Å²) < 4.78 is 20.7. The molecule has 0 spiro atoms. The Morgan fingerprint density at radius 2 is 2.14 bits per heavy atom. The molecule has 3 aromatic heterocycles. The molecule has 0 radical (unpaired) electrons. The van der Waals surface area contributed by atoms with Crippen molar-refractivity contribution in [1.29, 1.82) is 0 Å². The maximum atomic E-state index is 13.1. The number of nitrogens with zero attached hydrogens (tertiary/aromatic N) is 3. The van der Waals surface area contributed by atoms with Crippen LogP contribution in [0, 0.1) is 5.92 Å². The standard InChI is InChI=1S/C20H18FN5O2/c1-26-16(12-6-14-15(24-9-23-14)7-18(12)28-2)3-10-4-19(22-8-17(10)26)25-20(27)11-5-13(11)21/h3-4,6-9,11,13H,5H2,1-2H3,(H,23,24)(H,22,25,27). The minimum Gasteiger partial charge on any atom is -0.496 e. The van der Waals surface area contributed by atoms with Crippen LogP contribution >= 0.6 is 0 Å². The van der Waals surface area contributed by atoms with Crippen molar-refractivity contribution in [2.75, 3.05) is 12.4 Å². The lowest BCUT2D eigenvalue weighted by Crippen LogP contribution is -2.15. The Labute approximate surface area is 159 Å². The largest absolute Gasteiger partial charge is 0.496 e. The predicted octanol–water partition coefficient (Wildman–Crippen LogP) is 3.42. The second-order valence-electron chi connectivity index (χ2n) is 7.04. The van der Waals surface area contributed by atoms with Crippen LogP contribution in [0.2, 0.25) is 0 Å². The number of hydrogen-bond donors (Lipinski definition) is 2. The van der Waals surface area contributed by atoms with E-state index in [2.05, 4.69) is 20.3 Å². The number of alkyl halides is 1. The number of amides is 1. The fourth-order valence-corrected chi connectivity index (χ4v) is 3.55. The molecule has 2 unspecified atom stereocenters. The Kier molecular flexibility index (Phi) is 3.61. The predicted molar refractivity (Wildman–Crippen MR) is 104 cm³/mol. The Bertz CT molecular complexity index is 1230. The molecule has 0 bridgehead atoms. The first kappa shape index (κ1) is 16.7. The van der Waals surface area contributed by atoms with Gasteiger partial charge in [0.05, 0.1) is 47.8 Å². The van der Waals surface area contributed by atoms with E-state index in [4.69, 9.17) is 4.74 Å². The highest BCUT2D eigenvalue weighted by molar-refractivity contribution is 5.97. The highest BCUT2D eigenvalue weighted by Crippen LogP contribution is 2.37. The Hall–Kier alpha value is -3.42. The highest BCUT2D eigenvalue weighted by Gasteiger charge is 2.43. The number of anilines is 1. The van der Waals surface area contributed by atoms with Gasteiger partial charge in [-0.05, 0) is 24.6 Å². The van der Waals surface area contributed by atoms with Crippen LogP contribution in [-0.2, 0) is 11.8 Å². The van der Waals surface area contributed by atoms with Crippen molar-refractivity contribution in [2.24, 2.45) is 13.0 Å². The number of pyridine rings is 1. The van der Waals surface area contributed by atoms with Gasteiger partial charge >= 0.3 is 0 Å². The number of hydrogen-bond acceptors (Lipinski definition) is 4. The smallest absolute Gasteiger partial charge is 0.231 e. The lowest BCUT2D eigenvalue weighted by molar-refractivity contribution is -0.117. The number of benzene rings is 1. The number of carbonyl (C=O) groups is 1. The normalized spacial score (nSPS) is 18.5. The highest BCUT2D eigenvalue weighted by atomic mass is 19.1. The summed E-state index contributed by atoms with van der Waals surface area (Å²) in [6, 6.07) is 7.71. The van der Waals surface area contributed by atoms with Crippen LogP contribution in [-0.4, -0.2) is 38.7 Å². The monoisotopic (exact) mass is 379 g/mol. The molecular formula is C20H18FN5O2. The molecule has 142 valence electrons. The molecule has 1 aliphatic carbocycles. The van der Waals surface area contributed by atoms with Crippen molar-refractivity contribution in [3.05, 3.63) is 36.8 Å². The molecule has 3 heterocycles. The minimum atomic E-state index is -1.03. The summed E-state index contributed by atoms with van der Waals surface area (Å²) in [7, 11) is 3.58. The number of fused-ring (bicyclic) bond motifs is 2. The number of H-pyrrole nitrogens is 1. The number of halogens is 1. The number of aromatic amines is 1. The van der Waals surface area contributed by atoms with E-state index in [9.17, 15) is 9.18 Å². The Morgan fingerprint density at radius 1 is 1.32 bits per heavy atom. The van der Waals surface area contributed by atoms with E-state index < -0.39 is 12.1 Å². The summed E-state index contributed by atoms with van der Waals surface area (Å²) in [6.45, 7) is 0. The van der Waals surface area contributed by atoms with Crippen molar-refractivity contribution < 1.29 is 13.9 Å². The maximum Gasteiger partial charge on any atom is 0.231 e. The first-order valence-electron chi connectivity index (χ1n) is 8.97. The maximum absolute atomic E-state index is 13.1. The lowest BCUT2D eigenvalue weighted by Gasteiger charge is -2.10. The summed E-state index contributed by atoms with van der Waals surface area (Å²) in [5.74, 6) is 0.274. The molecule has 1 amide bonds. The number of ether oxygens (including phenoxy) is 1. The average molecular weight is 379 g/mol. The van der Waals surface area contributed by atoms with Crippen LogP contribution in [0.3, 0.4) is 0 Å². The average Bonchev–Trinajstić information content (AvgIpc) is 3.11. The second kappa shape index (κ2) is 6.05. The van der Waals surface area contributed by atoms with E-state index in [1.807, 2.05) is 29.8 Å². The van der Waals surface area contributed by atoms with Crippen LogP contribution in [0.15, 0.2) is 36.8 Å². The number of aromatic nitrogens is 4. The molecule has 0 aliphatic heterocycles. The van der Waals surface area contributed by atoms with Crippen molar-refractivity contribution in [1.82, 2.24) is 19.5 Å². The summed E-state index contributed by atoms with van der Waals surface area (Å²) in [6.07, 6.45) is 2.61. The molecule has 4 aromatic rings. The summed E-state index contributed by atoms with van der Waals surface area (Å²) in [4.78, 5) is 23.7. The van der Waals surface area contributed by atoms with Gasteiger partial charge in [0.15, 0.2) is 0 Å². The van der Waals surface area contributed by atoms with Gasteiger partial charge in [0.25, 0.3) is 0 Å². The van der Waals surface area contributed by atoms with E-state index in [1.54, 1.807) is 25.7 Å². The van der Waals surface area contributed by atoms with Gasteiger partial charge in [-0.1, -0.05) is 0 Å². The molecule has 8 heteroatoms. The summed E-state index contributed by atoms with van der Waals surface area (Å²) in [5, 5.41) is 3.62. The van der Waals surface area contributed by atoms with Crippen LogP contribution in [0.4, 0.5) is 10.2 Å². The number of aryl methyl sites for hydroxylation is 1. The third-order valence-electron chi connectivity index (χ3n) is 5.25. The summed E-state index contributed by atoms with van der Waals surface area (Å²) >= 11 is 0. The van der Waals surface area contributed by atoms with Gasteiger partial charge < -0.3 is 19.6 Å². The summed E-state index contributed by atoms with van der Waals surface area (Å²) in [5.41, 5.74) is 4.52. The fraction of sp³-hybridized carbons (Fsp3) is 0.250. The molecule has 1 aromatic carbocycles. The van der Waals surface area contributed by atoms with Gasteiger partial charge in [0.2, 0.25) is 5.91 Å². The zero-order chi connectivity index (χ0) is 19.4. The van der Waals surface area contributed by atoms with Gasteiger partial charge in [-0.3, -0.25) is 4.79 Å². The quantitative estimate of drug-likeness (QED) is 0.569. The van der Waals surface area contributed by atoms with E-state index in [0.29, 0.717) is 12.2 Å². The zero-order valence-electron chi connectivity index (χ0n) is 15.4.